The number of sulfone groups is 1. The van der Waals surface area contributed by atoms with E-state index in [1.807, 2.05) is 0 Å². The van der Waals surface area contributed by atoms with E-state index < -0.39 is 26.2 Å². The van der Waals surface area contributed by atoms with Crippen LogP contribution in [0.3, 0.4) is 0 Å². The second kappa shape index (κ2) is 8.06. The molecular weight excluding hydrogens is 400 g/mol. The molecular formula is C17H19F2NO3S3. The fourth-order valence-corrected chi connectivity index (χ4v) is 4.66. The SMILES string of the molecule is CC(C)(C)S(=O)(=O)Cc1cccc(NC(=O)c2sccc2SC(F)F)c1. The molecule has 4 nitrogen and oxygen atoms in total. The maximum Gasteiger partial charge on any atom is 0.288 e. The smallest absolute Gasteiger partial charge is 0.288 e. The lowest BCUT2D eigenvalue weighted by molar-refractivity contribution is 0.102. The molecule has 0 aliphatic rings. The van der Waals surface area contributed by atoms with Crippen LogP contribution in [0.1, 0.15) is 36.0 Å². The largest absolute Gasteiger partial charge is 0.321 e. The molecule has 0 fully saturated rings. The minimum Gasteiger partial charge on any atom is -0.321 e. The highest BCUT2D eigenvalue weighted by atomic mass is 32.2. The van der Waals surface area contributed by atoms with Crippen molar-refractivity contribution in [1.29, 1.82) is 0 Å². The van der Waals surface area contributed by atoms with Crippen LogP contribution in [0, 0.1) is 0 Å². The van der Waals surface area contributed by atoms with Gasteiger partial charge in [-0.2, -0.15) is 8.78 Å². The molecule has 0 saturated carbocycles. The predicted molar refractivity (Wildman–Crippen MR) is 103 cm³/mol. The normalized spacial score (nSPS) is 12.4. The number of hydrogen-bond acceptors (Lipinski definition) is 5. The average Bonchev–Trinajstić information content (AvgIpc) is 2.93. The summed E-state index contributed by atoms with van der Waals surface area (Å²) in [6, 6.07) is 7.99. The topological polar surface area (TPSA) is 63.2 Å². The molecule has 9 heteroatoms. The lowest BCUT2D eigenvalue weighted by atomic mass is 10.2. The summed E-state index contributed by atoms with van der Waals surface area (Å²) in [5, 5.41) is 4.22. The van der Waals surface area contributed by atoms with Gasteiger partial charge in [0.25, 0.3) is 11.7 Å². The Morgan fingerprint density at radius 1 is 1.27 bits per heavy atom. The molecule has 26 heavy (non-hydrogen) atoms. The first-order chi connectivity index (χ1) is 12.0. The summed E-state index contributed by atoms with van der Waals surface area (Å²) in [5.41, 5.74) is 0.962. The van der Waals surface area contributed by atoms with Gasteiger partial charge in [-0.05, 0) is 49.9 Å². The molecule has 2 rings (SSSR count). The van der Waals surface area contributed by atoms with Crippen molar-refractivity contribution in [1.82, 2.24) is 0 Å². The number of alkyl halides is 2. The van der Waals surface area contributed by atoms with Crippen molar-refractivity contribution in [2.45, 2.75) is 41.9 Å². The maximum atomic E-state index is 12.6. The monoisotopic (exact) mass is 419 g/mol. The molecule has 1 amide bonds. The van der Waals surface area contributed by atoms with Crippen LogP contribution in [-0.4, -0.2) is 24.8 Å². The third kappa shape index (κ3) is 5.28. The minimum atomic E-state index is -3.36. The van der Waals surface area contributed by atoms with E-state index in [2.05, 4.69) is 5.32 Å². The quantitative estimate of drug-likeness (QED) is 0.667. The van der Waals surface area contributed by atoms with Gasteiger partial charge in [0, 0.05) is 10.6 Å². The molecule has 0 saturated heterocycles. The predicted octanol–water partition coefficient (Wildman–Crippen LogP) is 5.03. The fraction of sp³-hybridized carbons (Fsp3) is 0.353. The highest BCUT2D eigenvalue weighted by Crippen LogP contribution is 2.32. The van der Waals surface area contributed by atoms with Crippen molar-refractivity contribution in [3.8, 4) is 0 Å². The molecule has 1 aromatic carbocycles. The summed E-state index contributed by atoms with van der Waals surface area (Å²) >= 11 is 1.40. The fourth-order valence-electron chi connectivity index (χ4n) is 2.01. The molecule has 0 spiro atoms. The van der Waals surface area contributed by atoms with Crippen LogP contribution in [0.25, 0.3) is 0 Å². The van der Waals surface area contributed by atoms with Gasteiger partial charge in [-0.1, -0.05) is 23.9 Å². The number of amides is 1. The third-order valence-corrected chi connectivity index (χ3v) is 7.92. The number of halogens is 2. The van der Waals surface area contributed by atoms with Gasteiger partial charge < -0.3 is 5.32 Å². The van der Waals surface area contributed by atoms with E-state index in [1.54, 1.807) is 50.4 Å². The number of anilines is 1. The molecule has 0 aliphatic carbocycles. The summed E-state index contributed by atoms with van der Waals surface area (Å²) in [7, 11) is -3.36. The van der Waals surface area contributed by atoms with Crippen LogP contribution in [0.4, 0.5) is 14.5 Å². The van der Waals surface area contributed by atoms with Crippen molar-refractivity contribution >= 4 is 44.5 Å². The molecule has 0 radical (unpaired) electrons. The van der Waals surface area contributed by atoms with Crippen LogP contribution >= 0.6 is 23.1 Å². The first-order valence-electron chi connectivity index (χ1n) is 7.64. The second-order valence-corrected chi connectivity index (χ2v) is 11.2. The summed E-state index contributed by atoms with van der Waals surface area (Å²) in [6.07, 6.45) is 0. The first-order valence-corrected chi connectivity index (χ1v) is 11.1. The van der Waals surface area contributed by atoms with Gasteiger partial charge in [0.2, 0.25) is 0 Å². The van der Waals surface area contributed by atoms with E-state index in [1.165, 1.54) is 6.07 Å². The molecule has 0 atom stereocenters. The molecule has 1 heterocycles. The van der Waals surface area contributed by atoms with Crippen LogP contribution < -0.4 is 5.32 Å². The Kier molecular flexibility index (Phi) is 6.46. The zero-order valence-electron chi connectivity index (χ0n) is 14.5. The van der Waals surface area contributed by atoms with Gasteiger partial charge >= 0.3 is 0 Å². The Hall–Kier alpha value is -1.45. The van der Waals surface area contributed by atoms with Gasteiger partial charge in [-0.25, -0.2) is 8.42 Å². The molecule has 0 aliphatic heterocycles. The number of benzene rings is 1. The highest BCUT2D eigenvalue weighted by molar-refractivity contribution is 7.99. The third-order valence-electron chi connectivity index (χ3n) is 3.53. The van der Waals surface area contributed by atoms with Crippen molar-refractivity contribution in [2.75, 3.05) is 5.32 Å². The minimum absolute atomic E-state index is 0.147. The van der Waals surface area contributed by atoms with Crippen LogP contribution in [-0.2, 0) is 15.6 Å². The Bertz CT molecular complexity index is 887. The lowest BCUT2D eigenvalue weighted by Crippen LogP contribution is -2.29. The molecule has 0 unspecified atom stereocenters. The van der Waals surface area contributed by atoms with Crippen LogP contribution in [0.5, 0.6) is 0 Å². The van der Waals surface area contributed by atoms with Crippen molar-refractivity contribution in [3.05, 3.63) is 46.2 Å². The molecule has 142 valence electrons. The molecule has 1 N–H and O–H groups in total. The number of thiophene rings is 1. The standard InChI is InChI=1S/C17H19F2NO3S3/c1-17(2,3)26(22,23)10-11-5-4-6-12(9-11)20-15(21)14-13(7-8-24-14)25-16(18)19/h4-9,16H,10H2,1-3H3,(H,20,21). The summed E-state index contributed by atoms with van der Waals surface area (Å²) < 4.78 is 48.9. The summed E-state index contributed by atoms with van der Waals surface area (Å²) in [4.78, 5) is 12.8. The summed E-state index contributed by atoms with van der Waals surface area (Å²) in [5.74, 6) is -3.26. The van der Waals surface area contributed by atoms with E-state index in [-0.39, 0.29) is 15.5 Å². The Balaban J connectivity index is 2.17. The van der Waals surface area contributed by atoms with Gasteiger partial charge in [0.05, 0.1) is 10.5 Å². The second-order valence-electron chi connectivity index (χ2n) is 6.52. The number of nitrogens with one attached hydrogen (secondary N) is 1. The van der Waals surface area contributed by atoms with E-state index in [0.29, 0.717) is 23.0 Å². The zero-order valence-corrected chi connectivity index (χ0v) is 16.9. The Morgan fingerprint density at radius 2 is 1.96 bits per heavy atom. The zero-order chi connectivity index (χ0) is 19.5. The van der Waals surface area contributed by atoms with Crippen LogP contribution in [0.15, 0.2) is 40.6 Å². The van der Waals surface area contributed by atoms with Gasteiger partial charge in [-0.3, -0.25) is 4.79 Å². The highest BCUT2D eigenvalue weighted by Gasteiger charge is 2.29. The van der Waals surface area contributed by atoms with E-state index >= 15 is 0 Å². The average molecular weight is 420 g/mol. The number of thioether (sulfide) groups is 1. The number of carbonyl (C=O) groups is 1. The Labute approximate surface area is 159 Å². The number of rotatable bonds is 6. The van der Waals surface area contributed by atoms with Crippen LogP contribution in [0.2, 0.25) is 0 Å². The number of hydrogen-bond donors (Lipinski definition) is 1. The van der Waals surface area contributed by atoms with E-state index in [4.69, 9.17) is 0 Å². The van der Waals surface area contributed by atoms with Gasteiger partial charge in [0.15, 0.2) is 9.84 Å². The van der Waals surface area contributed by atoms with Crippen molar-refractivity contribution in [2.24, 2.45) is 0 Å². The summed E-state index contributed by atoms with van der Waals surface area (Å²) in [6.45, 7) is 4.90. The van der Waals surface area contributed by atoms with Gasteiger partial charge in [-0.15, -0.1) is 11.3 Å². The molecule has 2 aromatic rings. The van der Waals surface area contributed by atoms with Gasteiger partial charge in [0.1, 0.15) is 4.88 Å². The van der Waals surface area contributed by atoms with Crippen molar-refractivity contribution < 1.29 is 22.0 Å². The van der Waals surface area contributed by atoms with E-state index in [9.17, 15) is 22.0 Å². The maximum absolute atomic E-state index is 12.6. The van der Waals surface area contributed by atoms with E-state index in [0.717, 1.165) is 11.3 Å². The lowest BCUT2D eigenvalue weighted by Gasteiger charge is -2.19. The number of carbonyl (C=O) groups excluding carboxylic acids is 1. The van der Waals surface area contributed by atoms with Crippen molar-refractivity contribution in [3.63, 3.8) is 0 Å². The molecule has 1 aromatic heterocycles. The first kappa shape index (κ1) is 20.9. The molecule has 0 bridgehead atoms. The Morgan fingerprint density at radius 3 is 2.58 bits per heavy atom.